The van der Waals surface area contributed by atoms with Crippen LogP contribution in [-0.2, 0) is 6.42 Å². The van der Waals surface area contributed by atoms with Gasteiger partial charge in [0.05, 0.1) is 0 Å². The van der Waals surface area contributed by atoms with Gasteiger partial charge in [-0.15, -0.1) is 0 Å². The summed E-state index contributed by atoms with van der Waals surface area (Å²) in [6.45, 7) is 3.98. The molecular formula is C16H17F2N. The first-order valence-corrected chi connectivity index (χ1v) is 6.24. The van der Waals surface area contributed by atoms with E-state index in [1.165, 1.54) is 6.07 Å². The Bertz CT molecular complexity index is 593. The van der Waals surface area contributed by atoms with Crippen LogP contribution in [0.1, 0.15) is 28.3 Å². The molecule has 2 N–H and O–H groups in total. The first kappa shape index (κ1) is 13.7. The zero-order valence-electron chi connectivity index (χ0n) is 11.1. The van der Waals surface area contributed by atoms with Crippen LogP contribution in [0.4, 0.5) is 8.78 Å². The number of aryl methyl sites for hydroxylation is 2. The van der Waals surface area contributed by atoms with E-state index in [4.69, 9.17) is 5.73 Å². The topological polar surface area (TPSA) is 26.0 Å². The standard InChI is InChI=1S/C16H17F2N/c1-10-6-7-13(11(2)8-10)15(19)9-12-4-3-5-14(17)16(12)18/h3-8,15H,9,19H2,1-2H3. The lowest BCUT2D eigenvalue weighted by atomic mass is 9.95. The molecule has 2 aromatic rings. The summed E-state index contributed by atoms with van der Waals surface area (Å²) in [6, 6.07) is 9.82. The second kappa shape index (κ2) is 5.49. The lowest BCUT2D eigenvalue weighted by Crippen LogP contribution is -2.15. The summed E-state index contributed by atoms with van der Waals surface area (Å²) < 4.78 is 26.8. The third-order valence-electron chi connectivity index (χ3n) is 3.30. The van der Waals surface area contributed by atoms with Gasteiger partial charge in [-0.05, 0) is 43.0 Å². The van der Waals surface area contributed by atoms with Crippen LogP contribution in [0.15, 0.2) is 36.4 Å². The molecule has 0 aliphatic rings. The van der Waals surface area contributed by atoms with Gasteiger partial charge in [-0.2, -0.15) is 0 Å². The number of hydrogen-bond acceptors (Lipinski definition) is 1. The molecule has 0 aliphatic carbocycles. The highest BCUT2D eigenvalue weighted by Gasteiger charge is 2.14. The van der Waals surface area contributed by atoms with Gasteiger partial charge in [0.15, 0.2) is 11.6 Å². The Morgan fingerprint density at radius 3 is 2.53 bits per heavy atom. The molecule has 0 heterocycles. The van der Waals surface area contributed by atoms with E-state index < -0.39 is 11.6 Å². The zero-order chi connectivity index (χ0) is 14.0. The Morgan fingerprint density at radius 1 is 1.11 bits per heavy atom. The molecule has 0 bridgehead atoms. The van der Waals surface area contributed by atoms with Crippen LogP contribution in [0.5, 0.6) is 0 Å². The van der Waals surface area contributed by atoms with Gasteiger partial charge in [-0.1, -0.05) is 35.9 Å². The van der Waals surface area contributed by atoms with Crippen LogP contribution in [0, 0.1) is 25.5 Å². The van der Waals surface area contributed by atoms with Gasteiger partial charge in [0.25, 0.3) is 0 Å². The summed E-state index contributed by atoms with van der Waals surface area (Å²) >= 11 is 0. The first-order chi connectivity index (χ1) is 8.99. The molecule has 0 saturated heterocycles. The molecule has 19 heavy (non-hydrogen) atoms. The highest BCUT2D eigenvalue weighted by Crippen LogP contribution is 2.22. The molecule has 0 fully saturated rings. The summed E-state index contributed by atoms with van der Waals surface area (Å²) in [5.74, 6) is -1.63. The summed E-state index contributed by atoms with van der Waals surface area (Å²) in [6.07, 6.45) is 0.285. The van der Waals surface area contributed by atoms with Gasteiger partial charge in [-0.3, -0.25) is 0 Å². The fourth-order valence-corrected chi connectivity index (χ4v) is 2.29. The monoisotopic (exact) mass is 261 g/mol. The first-order valence-electron chi connectivity index (χ1n) is 6.24. The molecule has 2 aromatic carbocycles. The maximum Gasteiger partial charge on any atom is 0.162 e. The van der Waals surface area contributed by atoms with Crippen molar-refractivity contribution in [2.45, 2.75) is 26.3 Å². The van der Waals surface area contributed by atoms with E-state index in [2.05, 4.69) is 0 Å². The molecule has 3 heteroatoms. The highest BCUT2D eigenvalue weighted by atomic mass is 19.2. The number of hydrogen-bond donors (Lipinski definition) is 1. The summed E-state index contributed by atoms with van der Waals surface area (Å²) in [5.41, 5.74) is 9.62. The highest BCUT2D eigenvalue weighted by molar-refractivity contribution is 5.34. The lowest BCUT2D eigenvalue weighted by Gasteiger charge is -2.16. The third-order valence-corrected chi connectivity index (χ3v) is 3.30. The number of halogens is 2. The van der Waals surface area contributed by atoms with Crippen LogP contribution < -0.4 is 5.73 Å². The summed E-state index contributed by atoms with van der Waals surface area (Å²) in [5, 5.41) is 0. The second-order valence-corrected chi connectivity index (χ2v) is 4.88. The van der Waals surface area contributed by atoms with Crippen molar-refractivity contribution in [3.05, 3.63) is 70.3 Å². The average molecular weight is 261 g/mol. The van der Waals surface area contributed by atoms with Crippen molar-refractivity contribution in [3.8, 4) is 0 Å². The average Bonchev–Trinajstić information content (AvgIpc) is 2.34. The van der Waals surface area contributed by atoms with Gasteiger partial charge in [-0.25, -0.2) is 8.78 Å². The molecule has 1 nitrogen and oxygen atoms in total. The van der Waals surface area contributed by atoms with E-state index in [-0.39, 0.29) is 12.5 Å². The zero-order valence-corrected chi connectivity index (χ0v) is 11.1. The number of benzene rings is 2. The molecule has 0 aliphatic heterocycles. The predicted molar refractivity (Wildman–Crippen MR) is 72.9 cm³/mol. The Kier molecular flexibility index (Phi) is 3.96. The smallest absolute Gasteiger partial charge is 0.162 e. The van der Waals surface area contributed by atoms with Gasteiger partial charge in [0.2, 0.25) is 0 Å². The molecule has 0 amide bonds. The predicted octanol–water partition coefficient (Wildman–Crippen LogP) is 3.82. The largest absolute Gasteiger partial charge is 0.324 e. The molecule has 2 rings (SSSR count). The van der Waals surface area contributed by atoms with Gasteiger partial charge in [0.1, 0.15) is 0 Å². The van der Waals surface area contributed by atoms with Crippen LogP contribution in [0.2, 0.25) is 0 Å². The third kappa shape index (κ3) is 2.99. The minimum absolute atomic E-state index is 0.285. The van der Waals surface area contributed by atoms with Crippen molar-refractivity contribution >= 4 is 0 Å². The van der Waals surface area contributed by atoms with Crippen molar-refractivity contribution < 1.29 is 8.78 Å². The van der Waals surface area contributed by atoms with Crippen LogP contribution in [0.25, 0.3) is 0 Å². The lowest BCUT2D eigenvalue weighted by molar-refractivity contribution is 0.494. The molecule has 1 atom stereocenters. The molecule has 0 radical (unpaired) electrons. The fraction of sp³-hybridized carbons (Fsp3) is 0.250. The van der Waals surface area contributed by atoms with Crippen molar-refractivity contribution in [2.75, 3.05) is 0 Å². The molecule has 0 aromatic heterocycles. The van der Waals surface area contributed by atoms with E-state index in [9.17, 15) is 8.78 Å². The molecule has 0 saturated carbocycles. The molecule has 100 valence electrons. The van der Waals surface area contributed by atoms with Gasteiger partial charge >= 0.3 is 0 Å². The fourth-order valence-electron chi connectivity index (χ4n) is 2.29. The maximum absolute atomic E-state index is 13.6. The maximum atomic E-state index is 13.6. The normalized spacial score (nSPS) is 12.5. The molecule has 1 unspecified atom stereocenters. The summed E-state index contributed by atoms with van der Waals surface area (Å²) in [7, 11) is 0. The summed E-state index contributed by atoms with van der Waals surface area (Å²) in [4.78, 5) is 0. The van der Waals surface area contributed by atoms with E-state index in [0.29, 0.717) is 5.56 Å². The van der Waals surface area contributed by atoms with E-state index in [1.807, 2.05) is 32.0 Å². The quantitative estimate of drug-likeness (QED) is 0.893. The van der Waals surface area contributed by atoms with Crippen LogP contribution in [-0.4, -0.2) is 0 Å². The minimum Gasteiger partial charge on any atom is -0.324 e. The second-order valence-electron chi connectivity index (χ2n) is 4.88. The van der Waals surface area contributed by atoms with Gasteiger partial charge < -0.3 is 5.73 Å². The van der Waals surface area contributed by atoms with Gasteiger partial charge in [0, 0.05) is 6.04 Å². The number of rotatable bonds is 3. The van der Waals surface area contributed by atoms with Crippen molar-refractivity contribution in [1.82, 2.24) is 0 Å². The Balaban J connectivity index is 2.25. The Morgan fingerprint density at radius 2 is 1.84 bits per heavy atom. The van der Waals surface area contributed by atoms with Crippen molar-refractivity contribution in [2.24, 2.45) is 5.73 Å². The van der Waals surface area contributed by atoms with E-state index in [1.54, 1.807) is 6.07 Å². The van der Waals surface area contributed by atoms with E-state index >= 15 is 0 Å². The Hall–Kier alpha value is -1.74. The van der Waals surface area contributed by atoms with Crippen LogP contribution in [0.3, 0.4) is 0 Å². The Labute approximate surface area is 112 Å². The minimum atomic E-state index is -0.828. The molecular weight excluding hydrogens is 244 g/mol. The number of nitrogens with two attached hydrogens (primary N) is 1. The van der Waals surface area contributed by atoms with Crippen molar-refractivity contribution in [1.29, 1.82) is 0 Å². The van der Waals surface area contributed by atoms with Crippen LogP contribution >= 0.6 is 0 Å². The SMILES string of the molecule is Cc1ccc(C(N)Cc2cccc(F)c2F)c(C)c1. The van der Waals surface area contributed by atoms with Crippen molar-refractivity contribution in [3.63, 3.8) is 0 Å². The molecule has 0 spiro atoms. The van der Waals surface area contributed by atoms with E-state index in [0.717, 1.165) is 22.8 Å².